The monoisotopic (exact) mass is 381 g/mol. The molecular formula is C19H22ClF2N3O. The summed E-state index contributed by atoms with van der Waals surface area (Å²) in [6, 6.07) is 7.38. The van der Waals surface area contributed by atoms with Crippen molar-refractivity contribution in [3.8, 4) is 6.07 Å². The third-order valence-electron chi connectivity index (χ3n) is 5.69. The molecule has 7 heteroatoms. The van der Waals surface area contributed by atoms with Crippen molar-refractivity contribution in [3.05, 3.63) is 28.8 Å². The van der Waals surface area contributed by atoms with E-state index in [4.69, 9.17) is 11.6 Å². The zero-order chi connectivity index (χ0) is 19.1. The number of hydrogen-bond acceptors (Lipinski definition) is 3. The topological polar surface area (TPSA) is 47.3 Å². The average Bonchev–Trinajstić information content (AvgIpc) is 2.53. The van der Waals surface area contributed by atoms with Gasteiger partial charge in [-0.15, -0.1) is 0 Å². The van der Waals surface area contributed by atoms with Crippen LogP contribution in [0.4, 0.5) is 14.5 Å². The molecule has 2 fully saturated rings. The van der Waals surface area contributed by atoms with E-state index in [-0.39, 0.29) is 19.0 Å². The van der Waals surface area contributed by atoms with Crippen LogP contribution < -0.4 is 4.90 Å². The number of benzene rings is 1. The fourth-order valence-corrected chi connectivity index (χ4v) is 3.85. The summed E-state index contributed by atoms with van der Waals surface area (Å²) in [5, 5.41) is 9.83. The van der Waals surface area contributed by atoms with Gasteiger partial charge >= 0.3 is 0 Å². The van der Waals surface area contributed by atoms with E-state index in [9.17, 15) is 18.8 Å². The zero-order valence-corrected chi connectivity index (χ0v) is 15.7. The summed E-state index contributed by atoms with van der Waals surface area (Å²) in [4.78, 5) is 16.4. The molecule has 0 aliphatic carbocycles. The Morgan fingerprint density at radius 3 is 2.50 bits per heavy atom. The summed E-state index contributed by atoms with van der Waals surface area (Å²) < 4.78 is 26.6. The maximum absolute atomic E-state index is 13.3. The molecule has 1 aromatic rings. The Morgan fingerprint density at radius 1 is 1.35 bits per heavy atom. The average molecular weight is 382 g/mol. The highest BCUT2D eigenvalue weighted by molar-refractivity contribution is 6.30. The standard InChI is InChI=1S/C19H22ClF2N3O/c1-18(17(26)25-11-14(12-25)19(2,21)22)5-7-24(8-6-18)16-4-3-15(20)9-13(16)10-23/h3-4,9,14H,5-8,11-12H2,1-2H3. The predicted octanol–water partition coefficient (Wildman–Crippen LogP) is 3.93. The van der Waals surface area contributed by atoms with Gasteiger partial charge < -0.3 is 9.80 Å². The molecule has 2 heterocycles. The Labute approximate surface area is 157 Å². The lowest BCUT2D eigenvalue weighted by Crippen LogP contribution is -2.60. The lowest BCUT2D eigenvalue weighted by atomic mass is 9.77. The second-order valence-corrected chi connectivity index (χ2v) is 8.12. The molecule has 0 aromatic heterocycles. The summed E-state index contributed by atoms with van der Waals surface area (Å²) >= 11 is 5.95. The van der Waals surface area contributed by atoms with Crippen molar-refractivity contribution in [2.75, 3.05) is 31.1 Å². The highest BCUT2D eigenvalue weighted by Gasteiger charge is 2.49. The van der Waals surface area contributed by atoms with Gasteiger partial charge in [0.25, 0.3) is 5.92 Å². The van der Waals surface area contributed by atoms with Gasteiger partial charge in [0.05, 0.1) is 17.2 Å². The first kappa shape index (κ1) is 18.9. The Bertz CT molecular complexity index is 742. The van der Waals surface area contributed by atoms with Crippen LogP contribution in [0.2, 0.25) is 5.02 Å². The molecule has 2 saturated heterocycles. The van der Waals surface area contributed by atoms with Crippen molar-refractivity contribution in [1.29, 1.82) is 5.26 Å². The van der Waals surface area contributed by atoms with Gasteiger partial charge in [0, 0.05) is 36.6 Å². The summed E-state index contributed by atoms with van der Waals surface area (Å²) in [7, 11) is 0. The minimum atomic E-state index is -2.73. The van der Waals surface area contributed by atoms with E-state index in [1.165, 1.54) is 0 Å². The quantitative estimate of drug-likeness (QED) is 0.797. The Hall–Kier alpha value is -1.87. The molecule has 1 aromatic carbocycles. The lowest BCUT2D eigenvalue weighted by Gasteiger charge is -2.48. The highest BCUT2D eigenvalue weighted by atomic mass is 35.5. The van der Waals surface area contributed by atoms with Crippen molar-refractivity contribution in [2.24, 2.45) is 11.3 Å². The third-order valence-corrected chi connectivity index (χ3v) is 5.92. The number of anilines is 1. The van der Waals surface area contributed by atoms with E-state index in [2.05, 4.69) is 11.0 Å². The first-order valence-corrected chi connectivity index (χ1v) is 9.14. The summed E-state index contributed by atoms with van der Waals surface area (Å²) in [5.74, 6) is -3.50. The van der Waals surface area contributed by atoms with Crippen LogP contribution in [0.25, 0.3) is 0 Å². The van der Waals surface area contributed by atoms with Crippen LogP contribution in [0.1, 0.15) is 32.3 Å². The fourth-order valence-electron chi connectivity index (χ4n) is 3.68. The number of carbonyl (C=O) groups excluding carboxylic acids is 1. The van der Waals surface area contributed by atoms with Crippen LogP contribution >= 0.6 is 11.6 Å². The Morgan fingerprint density at radius 2 is 1.96 bits per heavy atom. The van der Waals surface area contributed by atoms with Crippen LogP contribution in [0, 0.1) is 22.7 Å². The van der Waals surface area contributed by atoms with Gasteiger partial charge in [-0.3, -0.25) is 4.79 Å². The molecule has 0 radical (unpaired) electrons. The summed E-state index contributed by atoms with van der Waals surface area (Å²) in [6.45, 7) is 4.38. The minimum absolute atomic E-state index is 0.0331. The number of nitriles is 1. The maximum Gasteiger partial charge on any atom is 0.251 e. The number of rotatable bonds is 3. The Kier molecular flexibility index (Phi) is 4.87. The third kappa shape index (κ3) is 3.50. The maximum atomic E-state index is 13.3. The number of carbonyl (C=O) groups is 1. The van der Waals surface area contributed by atoms with E-state index < -0.39 is 17.3 Å². The zero-order valence-electron chi connectivity index (χ0n) is 14.9. The molecule has 4 nitrogen and oxygen atoms in total. The van der Waals surface area contributed by atoms with Crippen LogP contribution in [0.3, 0.4) is 0 Å². The van der Waals surface area contributed by atoms with E-state index in [1.807, 2.05) is 13.0 Å². The number of alkyl halides is 2. The van der Waals surface area contributed by atoms with Gasteiger partial charge in [-0.05, 0) is 38.0 Å². The van der Waals surface area contributed by atoms with Crippen molar-refractivity contribution in [1.82, 2.24) is 4.90 Å². The molecule has 2 aliphatic rings. The molecule has 2 aliphatic heterocycles. The van der Waals surface area contributed by atoms with Crippen LogP contribution in [-0.2, 0) is 4.79 Å². The normalized spacial score (nSPS) is 20.5. The molecule has 0 saturated carbocycles. The van der Waals surface area contributed by atoms with Crippen molar-refractivity contribution in [3.63, 3.8) is 0 Å². The predicted molar refractivity (Wildman–Crippen MR) is 96.4 cm³/mol. The second kappa shape index (κ2) is 6.70. The van der Waals surface area contributed by atoms with Crippen LogP contribution in [0.5, 0.6) is 0 Å². The van der Waals surface area contributed by atoms with Gasteiger partial charge in [-0.1, -0.05) is 18.5 Å². The Balaban J connectivity index is 1.63. The molecule has 0 bridgehead atoms. The van der Waals surface area contributed by atoms with E-state index >= 15 is 0 Å². The number of amides is 1. The van der Waals surface area contributed by atoms with Crippen molar-refractivity contribution < 1.29 is 13.6 Å². The lowest BCUT2D eigenvalue weighted by molar-refractivity contribution is -0.161. The minimum Gasteiger partial charge on any atom is -0.370 e. The highest BCUT2D eigenvalue weighted by Crippen LogP contribution is 2.39. The first-order valence-electron chi connectivity index (χ1n) is 8.76. The summed E-state index contributed by atoms with van der Waals surface area (Å²) in [5.41, 5.74) is 0.799. The molecular weight excluding hydrogens is 360 g/mol. The molecule has 3 rings (SSSR count). The molecule has 0 spiro atoms. The molecule has 0 unspecified atom stereocenters. The van der Waals surface area contributed by atoms with Gasteiger partial charge in [0.2, 0.25) is 5.91 Å². The smallest absolute Gasteiger partial charge is 0.251 e. The van der Waals surface area contributed by atoms with Crippen molar-refractivity contribution >= 4 is 23.2 Å². The largest absolute Gasteiger partial charge is 0.370 e. The molecule has 0 N–H and O–H groups in total. The molecule has 0 atom stereocenters. The van der Waals surface area contributed by atoms with Crippen molar-refractivity contribution in [2.45, 2.75) is 32.6 Å². The molecule has 1 amide bonds. The van der Waals surface area contributed by atoms with Crippen LogP contribution in [0.15, 0.2) is 18.2 Å². The fraction of sp³-hybridized carbons (Fsp3) is 0.579. The van der Waals surface area contributed by atoms with E-state index in [0.29, 0.717) is 36.5 Å². The van der Waals surface area contributed by atoms with Gasteiger partial charge in [-0.25, -0.2) is 8.78 Å². The van der Waals surface area contributed by atoms with Gasteiger partial charge in [0.15, 0.2) is 0 Å². The first-order chi connectivity index (χ1) is 12.1. The number of piperidine rings is 1. The van der Waals surface area contributed by atoms with Gasteiger partial charge in [-0.2, -0.15) is 5.26 Å². The molecule has 26 heavy (non-hydrogen) atoms. The van der Waals surface area contributed by atoms with Gasteiger partial charge in [0.1, 0.15) is 6.07 Å². The molecule has 140 valence electrons. The number of hydrogen-bond donors (Lipinski definition) is 0. The van der Waals surface area contributed by atoms with E-state index in [0.717, 1.165) is 12.6 Å². The second-order valence-electron chi connectivity index (χ2n) is 7.68. The number of likely N-dealkylation sites (tertiary alicyclic amines) is 1. The summed E-state index contributed by atoms with van der Waals surface area (Å²) in [6.07, 6.45) is 1.26. The van der Waals surface area contributed by atoms with Crippen LogP contribution in [-0.4, -0.2) is 42.9 Å². The van der Waals surface area contributed by atoms with E-state index in [1.54, 1.807) is 17.0 Å². The number of nitrogens with zero attached hydrogens (tertiary/aromatic N) is 3. The number of halogens is 3. The SMILES string of the molecule is CC1(C(=O)N2CC(C(C)(F)F)C2)CCN(c2ccc(Cl)cc2C#N)CC1.